The van der Waals surface area contributed by atoms with Crippen LogP contribution >= 0.6 is 0 Å². The Kier molecular flexibility index (Phi) is 6.26. The summed E-state index contributed by atoms with van der Waals surface area (Å²) in [7, 11) is 0. The SMILES string of the molecule is CCCCc1ccc(OC(CCC)C(=O)O)cc1. The minimum atomic E-state index is -0.896. The highest BCUT2D eigenvalue weighted by molar-refractivity contribution is 5.72. The molecule has 100 valence electrons. The van der Waals surface area contributed by atoms with E-state index in [1.807, 2.05) is 31.2 Å². The molecule has 0 aliphatic carbocycles. The molecule has 1 aromatic rings. The van der Waals surface area contributed by atoms with E-state index in [-0.39, 0.29) is 0 Å². The number of carboxylic acids is 1. The molecule has 1 rings (SSSR count). The Labute approximate surface area is 109 Å². The summed E-state index contributed by atoms with van der Waals surface area (Å²) in [4.78, 5) is 11.0. The largest absolute Gasteiger partial charge is 0.479 e. The lowest BCUT2D eigenvalue weighted by Gasteiger charge is -2.14. The summed E-state index contributed by atoms with van der Waals surface area (Å²) in [6.07, 6.45) is 4.01. The van der Waals surface area contributed by atoms with Gasteiger partial charge in [-0.15, -0.1) is 0 Å². The molecule has 0 heterocycles. The predicted molar refractivity (Wildman–Crippen MR) is 72.0 cm³/mol. The van der Waals surface area contributed by atoms with Crippen molar-refractivity contribution < 1.29 is 14.6 Å². The summed E-state index contributed by atoms with van der Waals surface area (Å²) in [5, 5.41) is 9.01. The Morgan fingerprint density at radius 1 is 1.22 bits per heavy atom. The number of carboxylic acid groups (broad SMARTS) is 1. The van der Waals surface area contributed by atoms with Gasteiger partial charge < -0.3 is 9.84 Å². The fourth-order valence-corrected chi connectivity index (χ4v) is 1.77. The lowest BCUT2D eigenvalue weighted by molar-refractivity contribution is -0.145. The standard InChI is InChI=1S/C15H22O3/c1-3-5-7-12-8-10-13(11-9-12)18-14(6-4-2)15(16)17/h8-11,14H,3-7H2,1-2H3,(H,16,17). The minimum absolute atomic E-state index is 0.535. The van der Waals surface area contributed by atoms with Crippen molar-refractivity contribution in [3.05, 3.63) is 29.8 Å². The molecule has 18 heavy (non-hydrogen) atoms. The summed E-state index contributed by atoms with van der Waals surface area (Å²) >= 11 is 0. The molecule has 3 heteroatoms. The molecule has 3 nitrogen and oxygen atoms in total. The first-order valence-electron chi connectivity index (χ1n) is 6.65. The van der Waals surface area contributed by atoms with Gasteiger partial charge in [0.15, 0.2) is 6.10 Å². The van der Waals surface area contributed by atoms with Gasteiger partial charge in [-0.1, -0.05) is 38.8 Å². The van der Waals surface area contributed by atoms with Crippen LogP contribution in [0.4, 0.5) is 0 Å². The zero-order valence-corrected chi connectivity index (χ0v) is 11.2. The summed E-state index contributed by atoms with van der Waals surface area (Å²) < 4.78 is 5.48. The fraction of sp³-hybridized carbons (Fsp3) is 0.533. The number of aryl methyl sites for hydroxylation is 1. The molecule has 1 N–H and O–H groups in total. The summed E-state index contributed by atoms with van der Waals surface area (Å²) in [6.45, 7) is 4.12. The van der Waals surface area contributed by atoms with Crippen LogP contribution in [0.5, 0.6) is 5.75 Å². The topological polar surface area (TPSA) is 46.5 Å². The predicted octanol–water partition coefficient (Wildman–Crippen LogP) is 3.66. The van der Waals surface area contributed by atoms with Crippen LogP contribution in [0.1, 0.15) is 45.1 Å². The maximum atomic E-state index is 11.0. The van der Waals surface area contributed by atoms with E-state index >= 15 is 0 Å². The second kappa shape index (κ2) is 7.75. The van der Waals surface area contributed by atoms with Crippen LogP contribution in [0.15, 0.2) is 24.3 Å². The van der Waals surface area contributed by atoms with E-state index in [2.05, 4.69) is 6.92 Å². The van der Waals surface area contributed by atoms with Crippen LogP contribution in [0, 0.1) is 0 Å². The third-order valence-corrected chi connectivity index (χ3v) is 2.85. The van der Waals surface area contributed by atoms with Gasteiger partial charge in [-0.25, -0.2) is 4.79 Å². The molecule has 0 fully saturated rings. The minimum Gasteiger partial charge on any atom is -0.479 e. The molecule has 1 aromatic carbocycles. The summed E-state index contributed by atoms with van der Waals surface area (Å²) in [5.74, 6) is -0.261. The smallest absolute Gasteiger partial charge is 0.344 e. The van der Waals surface area contributed by atoms with Gasteiger partial charge in [0, 0.05) is 0 Å². The Balaban J connectivity index is 2.58. The van der Waals surface area contributed by atoms with Gasteiger partial charge in [-0.3, -0.25) is 0 Å². The average Bonchev–Trinajstić information content (AvgIpc) is 2.37. The van der Waals surface area contributed by atoms with Crippen molar-refractivity contribution in [2.45, 2.75) is 52.1 Å². The zero-order chi connectivity index (χ0) is 13.4. The van der Waals surface area contributed by atoms with Gasteiger partial charge >= 0.3 is 5.97 Å². The highest BCUT2D eigenvalue weighted by atomic mass is 16.5. The number of hydrogen-bond acceptors (Lipinski definition) is 2. The van der Waals surface area contributed by atoms with E-state index in [0.717, 1.165) is 12.8 Å². The van der Waals surface area contributed by atoms with Crippen molar-refractivity contribution in [3.63, 3.8) is 0 Å². The van der Waals surface area contributed by atoms with E-state index in [9.17, 15) is 4.79 Å². The van der Waals surface area contributed by atoms with Crippen LogP contribution in [0.25, 0.3) is 0 Å². The number of ether oxygens (including phenoxy) is 1. The Bertz CT molecular complexity index is 357. The molecular weight excluding hydrogens is 228 g/mol. The molecule has 0 radical (unpaired) electrons. The number of aliphatic carboxylic acids is 1. The van der Waals surface area contributed by atoms with Gasteiger partial charge in [0.1, 0.15) is 5.75 Å². The van der Waals surface area contributed by atoms with Crippen molar-refractivity contribution in [1.29, 1.82) is 0 Å². The number of carbonyl (C=O) groups is 1. The molecule has 0 aromatic heterocycles. The van der Waals surface area contributed by atoms with Gasteiger partial charge in [0.25, 0.3) is 0 Å². The first-order chi connectivity index (χ1) is 8.67. The maximum Gasteiger partial charge on any atom is 0.344 e. The number of rotatable bonds is 8. The molecule has 0 aliphatic rings. The number of benzene rings is 1. The normalized spacial score (nSPS) is 12.1. The lowest BCUT2D eigenvalue weighted by Crippen LogP contribution is -2.26. The first-order valence-corrected chi connectivity index (χ1v) is 6.65. The van der Waals surface area contributed by atoms with Gasteiger partial charge in [-0.05, 0) is 37.0 Å². The van der Waals surface area contributed by atoms with Crippen molar-refractivity contribution in [2.75, 3.05) is 0 Å². The van der Waals surface area contributed by atoms with Crippen molar-refractivity contribution in [2.24, 2.45) is 0 Å². The zero-order valence-electron chi connectivity index (χ0n) is 11.2. The third kappa shape index (κ3) is 4.78. The van der Waals surface area contributed by atoms with Crippen LogP contribution < -0.4 is 4.74 Å². The highest BCUT2D eigenvalue weighted by Gasteiger charge is 2.17. The van der Waals surface area contributed by atoms with Crippen molar-refractivity contribution in [1.82, 2.24) is 0 Å². The van der Waals surface area contributed by atoms with E-state index in [1.54, 1.807) is 0 Å². The fourth-order valence-electron chi connectivity index (χ4n) is 1.77. The Morgan fingerprint density at radius 2 is 1.89 bits per heavy atom. The molecule has 1 unspecified atom stereocenters. The van der Waals surface area contributed by atoms with Crippen LogP contribution in [0.2, 0.25) is 0 Å². The molecule has 0 spiro atoms. The molecule has 0 saturated heterocycles. The van der Waals surface area contributed by atoms with Crippen LogP contribution in [0.3, 0.4) is 0 Å². The van der Waals surface area contributed by atoms with Gasteiger partial charge in [0.2, 0.25) is 0 Å². The molecule has 0 aliphatic heterocycles. The third-order valence-electron chi connectivity index (χ3n) is 2.85. The van der Waals surface area contributed by atoms with E-state index in [1.165, 1.54) is 18.4 Å². The van der Waals surface area contributed by atoms with Crippen LogP contribution in [-0.4, -0.2) is 17.2 Å². The second-order valence-electron chi connectivity index (χ2n) is 4.48. The van der Waals surface area contributed by atoms with Crippen molar-refractivity contribution >= 4 is 5.97 Å². The summed E-state index contributed by atoms with van der Waals surface area (Å²) in [5.41, 5.74) is 1.27. The average molecular weight is 250 g/mol. The molecular formula is C15H22O3. The highest BCUT2D eigenvalue weighted by Crippen LogP contribution is 2.17. The number of unbranched alkanes of at least 4 members (excludes halogenated alkanes) is 1. The van der Waals surface area contributed by atoms with Gasteiger partial charge in [-0.2, -0.15) is 0 Å². The second-order valence-corrected chi connectivity index (χ2v) is 4.48. The van der Waals surface area contributed by atoms with Gasteiger partial charge in [0.05, 0.1) is 0 Å². The molecule has 0 amide bonds. The summed E-state index contributed by atoms with van der Waals surface area (Å²) in [6, 6.07) is 7.74. The lowest BCUT2D eigenvalue weighted by atomic mass is 10.1. The molecule has 1 atom stereocenters. The number of hydrogen-bond donors (Lipinski definition) is 1. The van der Waals surface area contributed by atoms with Crippen molar-refractivity contribution in [3.8, 4) is 5.75 Å². The van der Waals surface area contributed by atoms with E-state index in [0.29, 0.717) is 12.2 Å². The first kappa shape index (κ1) is 14.6. The quantitative estimate of drug-likeness (QED) is 0.765. The maximum absolute atomic E-state index is 11.0. The monoisotopic (exact) mass is 250 g/mol. The van der Waals surface area contributed by atoms with Crippen LogP contribution in [-0.2, 0) is 11.2 Å². The van der Waals surface area contributed by atoms with E-state index < -0.39 is 12.1 Å². The molecule has 0 bridgehead atoms. The Morgan fingerprint density at radius 3 is 2.39 bits per heavy atom. The van der Waals surface area contributed by atoms with E-state index in [4.69, 9.17) is 9.84 Å². The Hall–Kier alpha value is -1.51. The molecule has 0 saturated carbocycles.